The number of hydrogen-bond acceptors (Lipinski definition) is 5. The molecule has 0 aromatic heterocycles. The van der Waals surface area contributed by atoms with Gasteiger partial charge >= 0.3 is 5.97 Å². The Morgan fingerprint density at radius 3 is 1.94 bits per heavy atom. The van der Waals surface area contributed by atoms with Crippen molar-refractivity contribution >= 4 is 29.4 Å². The van der Waals surface area contributed by atoms with E-state index in [9.17, 15) is 19.2 Å². The summed E-state index contributed by atoms with van der Waals surface area (Å²) in [6.07, 6.45) is 0. The van der Waals surface area contributed by atoms with E-state index in [-0.39, 0.29) is 11.8 Å². The van der Waals surface area contributed by atoms with Crippen molar-refractivity contribution in [2.45, 2.75) is 33.7 Å². The van der Waals surface area contributed by atoms with Crippen LogP contribution in [0.2, 0.25) is 0 Å². The van der Waals surface area contributed by atoms with Gasteiger partial charge < -0.3 is 10.1 Å². The maximum Gasteiger partial charge on any atom is 0.338 e. The summed E-state index contributed by atoms with van der Waals surface area (Å²) in [6.45, 7) is 7.79. The number of esters is 1. The standard InChI is InChI=1S/C24H26N2O5/c1-14(2)13-31-24(30)16-9-11-17(12-10-16)25-21(27)20(15(3)4)26-22(28)18-7-5-6-8-19(18)23(26)29/h5-12,14-15,20H,13H2,1-4H3,(H,25,27). The smallest absolute Gasteiger partial charge is 0.338 e. The quantitative estimate of drug-likeness (QED) is 0.542. The average Bonchev–Trinajstić information content (AvgIpc) is 2.98. The summed E-state index contributed by atoms with van der Waals surface area (Å²) in [5, 5.41) is 2.75. The third-order valence-electron chi connectivity index (χ3n) is 4.94. The molecule has 3 rings (SSSR count). The Kier molecular flexibility index (Phi) is 6.53. The number of benzene rings is 2. The SMILES string of the molecule is CC(C)COC(=O)c1ccc(NC(=O)C(C(C)C)N2C(=O)c3ccccc3C2=O)cc1. The first-order chi connectivity index (χ1) is 14.7. The van der Waals surface area contributed by atoms with Crippen LogP contribution in [0.25, 0.3) is 0 Å². The highest BCUT2D eigenvalue weighted by Crippen LogP contribution is 2.27. The van der Waals surface area contributed by atoms with Crippen LogP contribution in [0.15, 0.2) is 48.5 Å². The van der Waals surface area contributed by atoms with Crippen molar-refractivity contribution in [1.82, 2.24) is 4.90 Å². The molecule has 0 fully saturated rings. The van der Waals surface area contributed by atoms with E-state index in [1.807, 2.05) is 13.8 Å². The van der Waals surface area contributed by atoms with Crippen LogP contribution in [0.1, 0.15) is 58.8 Å². The third-order valence-corrected chi connectivity index (χ3v) is 4.94. The summed E-state index contributed by atoms with van der Waals surface area (Å²) >= 11 is 0. The van der Waals surface area contributed by atoms with Crippen molar-refractivity contribution in [3.8, 4) is 0 Å². The minimum absolute atomic E-state index is 0.234. The number of carbonyl (C=O) groups excluding carboxylic acids is 4. The molecule has 1 aliphatic heterocycles. The first kappa shape index (κ1) is 22.2. The number of imide groups is 1. The van der Waals surface area contributed by atoms with E-state index < -0.39 is 29.7 Å². The lowest BCUT2D eigenvalue weighted by Gasteiger charge is -2.28. The van der Waals surface area contributed by atoms with Crippen LogP contribution in [-0.2, 0) is 9.53 Å². The number of fused-ring (bicyclic) bond motifs is 1. The largest absolute Gasteiger partial charge is 0.462 e. The summed E-state index contributed by atoms with van der Waals surface area (Å²) in [7, 11) is 0. The zero-order valence-corrected chi connectivity index (χ0v) is 18.0. The number of ether oxygens (including phenoxy) is 1. The molecule has 7 heteroatoms. The first-order valence-electron chi connectivity index (χ1n) is 10.3. The monoisotopic (exact) mass is 422 g/mol. The van der Waals surface area contributed by atoms with Crippen molar-refractivity contribution in [3.63, 3.8) is 0 Å². The van der Waals surface area contributed by atoms with E-state index in [0.29, 0.717) is 29.0 Å². The summed E-state index contributed by atoms with van der Waals surface area (Å²) < 4.78 is 5.19. The van der Waals surface area contributed by atoms with Gasteiger partial charge in [-0.05, 0) is 48.2 Å². The number of rotatable bonds is 7. The highest BCUT2D eigenvalue weighted by molar-refractivity contribution is 6.23. The predicted molar refractivity (Wildman–Crippen MR) is 116 cm³/mol. The van der Waals surface area contributed by atoms with Crippen molar-refractivity contribution < 1.29 is 23.9 Å². The lowest BCUT2D eigenvalue weighted by atomic mass is 10.0. The van der Waals surface area contributed by atoms with E-state index in [4.69, 9.17) is 4.74 Å². The molecular weight excluding hydrogens is 396 g/mol. The van der Waals surface area contributed by atoms with Gasteiger partial charge in [-0.2, -0.15) is 0 Å². The number of amides is 3. The van der Waals surface area contributed by atoms with Crippen LogP contribution in [0.3, 0.4) is 0 Å². The van der Waals surface area contributed by atoms with Gasteiger partial charge in [0.05, 0.1) is 23.3 Å². The van der Waals surface area contributed by atoms with E-state index in [1.54, 1.807) is 62.4 Å². The van der Waals surface area contributed by atoms with Gasteiger partial charge in [0.15, 0.2) is 0 Å². The van der Waals surface area contributed by atoms with Crippen molar-refractivity contribution in [1.29, 1.82) is 0 Å². The molecule has 162 valence electrons. The lowest BCUT2D eigenvalue weighted by Crippen LogP contribution is -2.50. The molecule has 1 aliphatic rings. The van der Waals surface area contributed by atoms with E-state index >= 15 is 0 Å². The second-order valence-electron chi connectivity index (χ2n) is 8.27. The fraction of sp³-hybridized carbons (Fsp3) is 0.333. The molecule has 7 nitrogen and oxygen atoms in total. The molecule has 2 aromatic rings. The molecule has 0 saturated carbocycles. The number of hydrogen-bond donors (Lipinski definition) is 1. The van der Waals surface area contributed by atoms with Crippen LogP contribution in [-0.4, -0.2) is 41.2 Å². The second-order valence-corrected chi connectivity index (χ2v) is 8.27. The molecule has 0 bridgehead atoms. The number of nitrogens with zero attached hydrogens (tertiary/aromatic N) is 1. The van der Waals surface area contributed by atoms with Crippen LogP contribution in [0.4, 0.5) is 5.69 Å². The normalized spacial score (nSPS) is 14.1. The lowest BCUT2D eigenvalue weighted by molar-refractivity contribution is -0.121. The molecule has 3 amide bonds. The van der Waals surface area contributed by atoms with Gasteiger partial charge in [-0.15, -0.1) is 0 Å². The van der Waals surface area contributed by atoms with Crippen molar-refractivity contribution in [2.24, 2.45) is 11.8 Å². The molecule has 1 atom stereocenters. The minimum Gasteiger partial charge on any atom is -0.462 e. The number of anilines is 1. The molecule has 1 N–H and O–H groups in total. The fourth-order valence-electron chi connectivity index (χ4n) is 3.41. The van der Waals surface area contributed by atoms with Gasteiger partial charge in [0.2, 0.25) is 5.91 Å². The van der Waals surface area contributed by atoms with Gasteiger partial charge in [0, 0.05) is 5.69 Å². The molecule has 0 radical (unpaired) electrons. The van der Waals surface area contributed by atoms with Gasteiger partial charge in [-0.1, -0.05) is 39.8 Å². The van der Waals surface area contributed by atoms with Gasteiger partial charge in [-0.3, -0.25) is 19.3 Å². The highest BCUT2D eigenvalue weighted by Gasteiger charge is 2.43. The van der Waals surface area contributed by atoms with Crippen LogP contribution in [0, 0.1) is 11.8 Å². The molecule has 31 heavy (non-hydrogen) atoms. The molecule has 0 aliphatic carbocycles. The van der Waals surface area contributed by atoms with E-state index in [0.717, 1.165) is 4.90 Å². The van der Waals surface area contributed by atoms with Gasteiger partial charge in [-0.25, -0.2) is 4.79 Å². The Hall–Kier alpha value is -3.48. The summed E-state index contributed by atoms with van der Waals surface area (Å²) in [5.74, 6) is -1.92. The van der Waals surface area contributed by atoms with Crippen LogP contribution in [0.5, 0.6) is 0 Å². The summed E-state index contributed by atoms with van der Waals surface area (Å²) in [6, 6.07) is 11.9. The average molecular weight is 422 g/mol. The Morgan fingerprint density at radius 1 is 0.903 bits per heavy atom. The topological polar surface area (TPSA) is 92.8 Å². The second kappa shape index (κ2) is 9.12. The van der Waals surface area contributed by atoms with Crippen LogP contribution >= 0.6 is 0 Å². The summed E-state index contributed by atoms with van der Waals surface area (Å²) in [5.41, 5.74) is 1.43. The number of nitrogens with one attached hydrogen (secondary N) is 1. The first-order valence-corrected chi connectivity index (χ1v) is 10.3. The minimum atomic E-state index is -0.969. The highest BCUT2D eigenvalue weighted by atomic mass is 16.5. The molecule has 0 spiro atoms. The Morgan fingerprint density at radius 2 is 1.45 bits per heavy atom. The fourth-order valence-corrected chi connectivity index (χ4v) is 3.41. The van der Waals surface area contributed by atoms with Crippen molar-refractivity contribution in [3.05, 3.63) is 65.2 Å². The maximum absolute atomic E-state index is 13.0. The van der Waals surface area contributed by atoms with Gasteiger partial charge in [0.1, 0.15) is 6.04 Å². The van der Waals surface area contributed by atoms with E-state index in [1.165, 1.54) is 0 Å². The zero-order chi connectivity index (χ0) is 22.7. The Bertz CT molecular complexity index is 976. The summed E-state index contributed by atoms with van der Waals surface area (Å²) in [4.78, 5) is 51.7. The molecule has 1 unspecified atom stereocenters. The Balaban J connectivity index is 1.74. The Labute approximate surface area is 181 Å². The van der Waals surface area contributed by atoms with Gasteiger partial charge in [0.25, 0.3) is 11.8 Å². The molecule has 2 aromatic carbocycles. The van der Waals surface area contributed by atoms with Crippen LogP contribution < -0.4 is 5.32 Å². The van der Waals surface area contributed by atoms with Crippen molar-refractivity contribution in [2.75, 3.05) is 11.9 Å². The maximum atomic E-state index is 13.0. The zero-order valence-electron chi connectivity index (χ0n) is 18.0. The molecule has 0 saturated heterocycles. The molecule has 1 heterocycles. The number of carbonyl (C=O) groups is 4. The molecular formula is C24H26N2O5. The van der Waals surface area contributed by atoms with E-state index in [2.05, 4.69) is 5.32 Å². The predicted octanol–water partition coefficient (Wildman–Crippen LogP) is 3.76. The third kappa shape index (κ3) is 4.66.